The predicted molar refractivity (Wildman–Crippen MR) is 119 cm³/mol. The normalized spacial score (nSPS) is 21.6. The van der Waals surface area contributed by atoms with Crippen molar-refractivity contribution in [2.24, 2.45) is 0 Å². The topological polar surface area (TPSA) is 66.5 Å². The summed E-state index contributed by atoms with van der Waals surface area (Å²) in [6.45, 7) is 2.73. The van der Waals surface area contributed by atoms with Gasteiger partial charge in [0.25, 0.3) is 0 Å². The first-order valence-corrected chi connectivity index (χ1v) is 11.1. The second-order valence-corrected chi connectivity index (χ2v) is 8.57. The van der Waals surface area contributed by atoms with Crippen molar-refractivity contribution in [1.82, 2.24) is 0 Å². The van der Waals surface area contributed by atoms with Gasteiger partial charge in [-0.25, -0.2) is 0 Å². The van der Waals surface area contributed by atoms with E-state index in [2.05, 4.69) is 0 Å². The molecule has 4 aliphatic heterocycles. The smallest absolute Gasteiger partial charge is 0.246 e. The van der Waals surface area contributed by atoms with Crippen molar-refractivity contribution >= 4 is 11.6 Å². The van der Waals surface area contributed by atoms with Crippen LogP contribution in [0.15, 0.2) is 54.6 Å². The van der Waals surface area contributed by atoms with Crippen molar-refractivity contribution in [3.05, 3.63) is 71.3 Å². The highest BCUT2D eigenvalue weighted by Gasteiger charge is 2.57. The maximum absolute atomic E-state index is 14.1. The van der Waals surface area contributed by atoms with E-state index < -0.39 is 5.41 Å². The standard InChI is InChI=1S/C26H21NO6/c28-25-26(15-33-21-13-24-23(12-18(21)26)31-9-10-32-24)17-3-1-2-4-19(17)27(25)14-16-5-6-20-22(11-16)30-8-7-29-20/h1-6,11-13H,7-10,14-15H2. The quantitative estimate of drug-likeness (QED) is 0.605. The van der Waals surface area contributed by atoms with Gasteiger partial charge in [-0.1, -0.05) is 24.3 Å². The zero-order chi connectivity index (χ0) is 22.0. The van der Waals surface area contributed by atoms with E-state index >= 15 is 0 Å². The third-order valence-corrected chi connectivity index (χ3v) is 6.76. The van der Waals surface area contributed by atoms with Crippen LogP contribution in [-0.2, 0) is 16.8 Å². The number of para-hydroxylation sites is 1. The fourth-order valence-corrected chi connectivity index (χ4v) is 5.24. The largest absolute Gasteiger partial charge is 0.491 e. The van der Waals surface area contributed by atoms with Gasteiger partial charge in [0.1, 0.15) is 44.2 Å². The van der Waals surface area contributed by atoms with Crippen molar-refractivity contribution in [1.29, 1.82) is 0 Å². The van der Waals surface area contributed by atoms with Gasteiger partial charge in [0.15, 0.2) is 23.0 Å². The number of ether oxygens (including phenoxy) is 5. The molecule has 166 valence electrons. The zero-order valence-electron chi connectivity index (χ0n) is 17.8. The number of anilines is 1. The molecule has 0 fully saturated rings. The molecule has 0 bridgehead atoms. The van der Waals surface area contributed by atoms with Gasteiger partial charge in [-0.3, -0.25) is 4.79 Å². The van der Waals surface area contributed by atoms with Crippen LogP contribution < -0.4 is 28.6 Å². The first kappa shape index (κ1) is 18.7. The Morgan fingerprint density at radius 2 is 1.39 bits per heavy atom. The number of nitrogens with zero attached hydrogens (tertiary/aromatic N) is 1. The molecule has 0 N–H and O–H groups in total. The molecule has 7 nitrogen and oxygen atoms in total. The van der Waals surface area contributed by atoms with Crippen LogP contribution >= 0.6 is 0 Å². The van der Waals surface area contributed by atoms with Gasteiger partial charge in [0, 0.05) is 17.3 Å². The lowest BCUT2D eigenvalue weighted by Gasteiger charge is -2.25. The Labute approximate surface area is 190 Å². The van der Waals surface area contributed by atoms with Crippen LogP contribution in [0.1, 0.15) is 16.7 Å². The minimum absolute atomic E-state index is 0.00554. The van der Waals surface area contributed by atoms with Crippen molar-refractivity contribution in [3.8, 4) is 28.7 Å². The summed E-state index contributed by atoms with van der Waals surface area (Å²) >= 11 is 0. The Morgan fingerprint density at radius 1 is 0.697 bits per heavy atom. The maximum Gasteiger partial charge on any atom is 0.246 e. The lowest BCUT2D eigenvalue weighted by molar-refractivity contribution is -0.122. The van der Waals surface area contributed by atoms with E-state index in [4.69, 9.17) is 23.7 Å². The first-order chi connectivity index (χ1) is 16.2. The van der Waals surface area contributed by atoms with E-state index in [1.807, 2.05) is 59.5 Å². The molecular weight excluding hydrogens is 422 g/mol. The molecule has 0 saturated carbocycles. The molecular formula is C26H21NO6. The summed E-state index contributed by atoms with van der Waals surface area (Å²) < 4.78 is 29.0. The minimum Gasteiger partial charge on any atom is -0.491 e. The molecule has 33 heavy (non-hydrogen) atoms. The van der Waals surface area contributed by atoms with Gasteiger partial charge in [-0.05, 0) is 35.4 Å². The lowest BCUT2D eigenvalue weighted by atomic mass is 9.77. The lowest BCUT2D eigenvalue weighted by Crippen LogP contribution is -2.42. The summed E-state index contributed by atoms with van der Waals surface area (Å²) in [5.41, 5.74) is 2.73. The number of hydrogen-bond acceptors (Lipinski definition) is 6. The van der Waals surface area contributed by atoms with Gasteiger partial charge in [-0.2, -0.15) is 0 Å². The van der Waals surface area contributed by atoms with Crippen molar-refractivity contribution in [2.45, 2.75) is 12.0 Å². The number of rotatable bonds is 2. The van der Waals surface area contributed by atoms with Gasteiger partial charge < -0.3 is 28.6 Å². The van der Waals surface area contributed by atoms with Crippen LogP contribution in [0.4, 0.5) is 5.69 Å². The number of fused-ring (bicyclic) bond motifs is 6. The molecule has 4 heterocycles. The Kier molecular flexibility index (Phi) is 3.86. The molecule has 0 aromatic heterocycles. The van der Waals surface area contributed by atoms with Crippen LogP contribution in [-0.4, -0.2) is 38.9 Å². The molecule has 0 radical (unpaired) electrons. The summed E-state index contributed by atoms with van der Waals surface area (Å²) in [5, 5.41) is 0. The molecule has 7 heteroatoms. The Bertz CT molecular complexity index is 1300. The van der Waals surface area contributed by atoms with Crippen LogP contribution in [0.5, 0.6) is 28.7 Å². The van der Waals surface area contributed by atoms with E-state index in [0.717, 1.165) is 28.1 Å². The van der Waals surface area contributed by atoms with Crippen LogP contribution in [0.25, 0.3) is 0 Å². The zero-order valence-corrected chi connectivity index (χ0v) is 17.8. The molecule has 1 atom stereocenters. The second-order valence-electron chi connectivity index (χ2n) is 8.57. The number of benzene rings is 3. The van der Waals surface area contributed by atoms with E-state index in [9.17, 15) is 4.79 Å². The number of amides is 1. The minimum atomic E-state index is -0.907. The van der Waals surface area contributed by atoms with Crippen LogP contribution in [0, 0.1) is 0 Å². The highest BCUT2D eigenvalue weighted by molar-refractivity contribution is 6.11. The second kappa shape index (κ2) is 6.81. The third-order valence-electron chi connectivity index (χ3n) is 6.76. The summed E-state index contributed by atoms with van der Waals surface area (Å²) in [6, 6.07) is 17.5. The predicted octanol–water partition coefficient (Wildman–Crippen LogP) is 3.45. The van der Waals surface area contributed by atoms with Gasteiger partial charge in [0.05, 0.1) is 6.54 Å². The van der Waals surface area contributed by atoms with E-state index in [1.54, 1.807) is 0 Å². The number of carbonyl (C=O) groups is 1. The maximum atomic E-state index is 14.1. The van der Waals surface area contributed by atoms with Gasteiger partial charge in [-0.15, -0.1) is 0 Å². The summed E-state index contributed by atoms with van der Waals surface area (Å²) in [4.78, 5) is 16.0. The summed E-state index contributed by atoms with van der Waals surface area (Å²) in [7, 11) is 0. The first-order valence-electron chi connectivity index (χ1n) is 11.1. The molecule has 1 spiro atoms. The molecule has 7 rings (SSSR count). The Balaban J connectivity index is 1.32. The molecule has 0 saturated heterocycles. The SMILES string of the molecule is O=C1N(Cc2ccc3c(c2)OCCO3)c2ccccc2C12COc1cc3c(cc12)OCCO3. The fraction of sp³-hybridized carbons (Fsp3) is 0.269. The highest BCUT2D eigenvalue weighted by Crippen LogP contribution is 2.55. The summed E-state index contributed by atoms with van der Waals surface area (Å²) in [6.07, 6.45) is 0. The van der Waals surface area contributed by atoms with Crippen LogP contribution in [0.3, 0.4) is 0 Å². The Hall–Kier alpha value is -3.87. The average Bonchev–Trinajstić information content (AvgIpc) is 3.35. The molecule has 3 aromatic rings. The molecule has 3 aromatic carbocycles. The van der Waals surface area contributed by atoms with E-state index in [1.165, 1.54) is 0 Å². The van der Waals surface area contributed by atoms with Crippen molar-refractivity contribution < 1.29 is 28.5 Å². The summed E-state index contributed by atoms with van der Waals surface area (Å²) in [5.74, 6) is 3.42. The third kappa shape index (κ3) is 2.59. The fourth-order valence-electron chi connectivity index (χ4n) is 5.24. The Morgan fingerprint density at radius 3 is 2.21 bits per heavy atom. The van der Waals surface area contributed by atoms with Crippen LogP contribution in [0.2, 0.25) is 0 Å². The monoisotopic (exact) mass is 443 g/mol. The number of carbonyl (C=O) groups excluding carboxylic acids is 1. The molecule has 4 aliphatic rings. The molecule has 1 unspecified atom stereocenters. The molecule has 0 aliphatic carbocycles. The van der Waals surface area contributed by atoms with Crippen molar-refractivity contribution in [3.63, 3.8) is 0 Å². The average molecular weight is 443 g/mol. The van der Waals surface area contributed by atoms with Gasteiger partial charge in [0.2, 0.25) is 5.91 Å². The number of hydrogen-bond donors (Lipinski definition) is 0. The highest BCUT2D eigenvalue weighted by atomic mass is 16.6. The molecule has 1 amide bonds. The van der Waals surface area contributed by atoms with Crippen molar-refractivity contribution in [2.75, 3.05) is 37.9 Å². The van der Waals surface area contributed by atoms with E-state index in [-0.39, 0.29) is 12.5 Å². The van der Waals surface area contributed by atoms with E-state index in [0.29, 0.717) is 56.0 Å². The van der Waals surface area contributed by atoms with Gasteiger partial charge >= 0.3 is 0 Å².